The minimum Gasteiger partial charge on any atom is 0 e. The van der Waals surface area contributed by atoms with Gasteiger partial charge in [0.05, 0.1) is 0 Å². The van der Waals surface area contributed by atoms with Crippen LogP contribution in [0.25, 0.3) is 0 Å². The fourth-order valence-corrected chi connectivity index (χ4v) is 0. The van der Waals surface area contributed by atoms with E-state index in [1.165, 1.54) is 0 Å². The Morgan fingerprint density at radius 2 is 0.750 bits per heavy atom. The van der Waals surface area contributed by atoms with Crippen molar-refractivity contribution in [3.8, 4) is 0 Å². The van der Waals surface area contributed by atoms with Gasteiger partial charge >= 0.3 is 0 Å². The third-order valence-corrected chi connectivity index (χ3v) is 0. The summed E-state index contributed by atoms with van der Waals surface area (Å²) < 4.78 is 0. The van der Waals surface area contributed by atoms with Gasteiger partial charge in [-0.1, -0.05) is 0 Å². The Labute approximate surface area is 129 Å². The summed E-state index contributed by atoms with van der Waals surface area (Å²) in [7, 11) is 0. The maximum Gasteiger partial charge on any atom is 0 e. The zero-order valence-corrected chi connectivity index (χ0v) is 12.0. The summed E-state index contributed by atoms with van der Waals surface area (Å²) in [5, 5.41) is 0. The summed E-state index contributed by atoms with van der Waals surface area (Å²) >= 11 is 0. The van der Waals surface area contributed by atoms with Crippen molar-refractivity contribution in [1.29, 1.82) is 0 Å². The molecule has 4 heteroatoms. The van der Waals surface area contributed by atoms with Gasteiger partial charge in [-0.25, -0.2) is 0 Å². The molecule has 0 aliphatic rings. The Morgan fingerprint density at radius 1 is 0.750 bits per heavy atom. The summed E-state index contributed by atoms with van der Waals surface area (Å²) in [4.78, 5) is 0. The van der Waals surface area contributed by atoms with E-state index < -0.39 is 0 Å². The second-order valence-electron chi connectivity index (χ2n) is 0. The minimum atomic E-state index is 0. The van der Waals surface area contributed by atoms with Crippen LogP contribution in [0, 0.1) is 80.4 Å². The van der Waals surface area contributed by atoms with Gasteiger partial charge in [-0.05, 0) is 0 Å². The van der Waals surface area contributed by atoms with Crippen molar-refractivity contribution >= 4 is 0 Å². The van der Waals surface area contributed by atoms with Gasteiger partial charge in [-0.2, -0.15) is 0 Å². The number of hydrogen-bond acceptors (Lipinski definition) is 0. The quantitative estimate of drug-likeness (QED) is 0.457. The van der Waals surface area contributed by atoms with Crippen LogP contribution in [0.1, 0.15) is 0 Å². The van der Waals surface area contributed by atoms with Gasteiger partial charge in [0.15, 0.2) is 0 Å². The Bertz CT molecular complexity index is 6.00. The molecule has 0 aromatic rings. The molecule has 0 aliphatic carbocycles. The zero-order valence-electron chi connectivity index (χ0n) is 1.83. The molecule has 0 amide bonds. The van der Waals surface area contributed by atoms with Gasteiger partial charge in [0.25, 0.3) is 0 Å². The molecule has 0 bridgehead atoms. The molecule has 0 nitrogen and oxygen atoms in total. The summed E-state index contributed by atoms with van der Waals surface area (Å²) in [5.41, 5.74) is 0. The monoisotopic (exact) mass is 479 g/mol. The molecular formula is CeTbZr2. The predicted molar refractivity (Wildman–Crippen MR) is 0 cm³/mol. The molecule has 0 fully saturated rings. The van der Waals surface area contributed by atoms with Crippen LogP contribution in [0.2, 0.25) is 0 Å². The van der Waals surface area contributed by atoms with Crippen molar-refractivity contribution in [3.05, 3.63) is 0 Å². The Kier molecular flexibility index (Phi) is 92.8. The van der Waals surface area contributed by atoms with Crippen molar-refractivity contribution in [3.63, 3.8) is 0 Å². The third-order valence-electron chi connectivity index (χ3n) is 0. The fraction of sp³-hybridized carbons (Fsp3) is 0. The molecule has 21 valence electrons. The van der Waals surface area contributed by atoms with E-state index in [9.17, 15) is 0 Å². The van der Waals surface area contributed by atoms with E-state index in [1.807, 2.05) is 0 Å². The van der Waals surface area contributed by atoms with Gasteiger partial charge in [-0.3, -0.25) is 0 Å². The van der Waals surface area contributed by atoms with Crippen molar-refractivity contribution in [2.24, 2.45) is 0 Å². The SMILES string of the molecule is [Ce].[Tb].[Zr].[Zr]. The maximum absolute atomic E-state index is 0. The van der Waals surface area contributed by atoms with Crippen LogP contribution in [0.15, 0.2) is 0 Å². The van der Waals surface area contributed by atoms with Crippen LogP contribution in [0.3, 0.4) is 0 Å². The first-order valence-electron chi connectivity index (χ1n) is 0. The summed E-state index contributed by atoms with van der Waals surface area (Å²) in [6.07, 6.45) is 0. The minimum absolute atomic E-state index is 0. The Morgan fingerprint density at radius 3 is 0.750 bits per heavy atom. The van der Waals surface area contributed by atoms with Crippen LogP contribution >= 0.6 is 0 Å². The second-order valence-corrected chi connectivity index (χ2v) is 0. The van der Waals surface area contributed by atoms with Crippen molar-refractivity contribution in [2.75, 3.05) is 0 Å². The van der Waals surface area contributed by atoms with E-state index in [4.69, 9.17) is 0 Å². The molecule has 0 heterocycles. The summed E-state index contributed by atoms with van der Waals surface area (Å²) in [6.45, 7) is 0. The molecule has 4 heavy (non-hydrogen) atoms. The van der Waals surface area contributed by atoms with E-state index in [0.29, 0.717) is 0 Å². The summed E-state index contributed by atoms with van der Waals surface area (Å²) in [5.74, 6) is 0. The van der Waals surface area contributed by atoms with Gasteiger partial charge in [0.2, 0.25) is 0 Å². The molecule has 0 saturated heterocycles. The average Bonchev–Trinajstić information content (AvgIpc) is 0. The zero-order chi connectivity index (χ0) is 0. The van der Waals surface area contributed by atoms with Crippen LogP contribution in [0.5, 0.6) is 0 Å². The number of hydrogen-bond donors (Lipinski definition) is 0. The van der Waals surface area contributed by atoms with Crippen LogP contribution in [-0.4, -0.2) is 0 Å². The van der Waals surface area contributed by atoms with Gasteiger partial charge in [0.1, 0.15) is 0 Å². The first-order chi connectivity index (χ1) is 0. The molecule has 1 radical (unpaired) electrons. The second kappa shape index (κ2) is 15.7. The Hall–Kier alpha value is 4.43. The molecule has 0 saturated carbocycles. The molecule has 0 N–H and O–H groups in total. The van der Waals surface area contributed by atoms with Crippen LogP contribution < -0.4 is 0 Å². The van der Waals surface area contributed by atoms with Crippen molar-refractivity contribution < 1.29 is 133 Å². The largest absolute Gasteiger partial charge is 0 e. The van der Waals surface area contributed by atoms with Crippen LogP contribution in [0.4, 0.5) is 0 Å². The van der Waals surface area contributed by atoms with Crippen molar-refractivity contribution in [1.82, 2.24) is 0 Å². The number of rotatable bonds is 0. The average molecular weight is 481 g/mol. The summed E-state index contributed by atoms with van der Waals surface area (Å²) in [6, 6.07) is 0. The van der Waals surface area contributed by atoms with E-state index in [-0.39, 0.29) is 133 Å². The normalized spacial score (nSPS) is 0. The molecule has 0 spiro atoms. The first-order valence-corrected chi connectivity index (χ1v) is 0. The molecule has 0 aliphatic heterocycles. The topological polar surface area (TPSA) is 0 Å². The van der Waals surface area contributed by atoms with Crippen molar-refractivity contribution in [2.45, 2.75) is 0 Å². The van der Waals surface area contributed by atoms with Gasteiger partial charge in [-0.15, -0.1) is 0 Å². The molecule has 0 unspecified atom stereocenters. The predicted octanol–water partition coefficient (Wildman–Crippen LogP) is -0.00500. The van der Waals surface area contributed by atoms with E-state index in [2.05, 4.69) is 0 Å². The fourth-order valence-electron chi connectivity index (χ4n) is 0. The maximum atomic E-state index is 0. The molecule has 0 aromatic heterocycles. The standard InChI is InChI=1S/Ce.Tb.2Zr. The molecule has 0 atom stereocenters. The van der Waals surface area contributed by atoms with Gasteiger partial charge in [0, 0.05) is 133 Å². The molecule has 0 aromatic carbocycles. The van der Waals surface area contributed by atoms with Crippen LogP contribution in [-0.2, 0) is 52.4 Å². The Balaban J connectivity index is 0. The molecular weight excluding hydrogens is 481 g/mol. The first kappa shape index (κ1) is 23.7. The van der Waals surface area contributed by atoms with E-state index in [1.54, 1.807) is 0 Å². The smallest absolute Gasteiger partial charge is 0 e. The van der Waals surface area contributed by atoms with E-state index in [0.717, 1.165) is 0 Å². The molecule has 0 rings (SSSR count). The third kappa shape index (κ3) is 9.66. The van der Waals surface area contributed by atoms with Gasteiger partial charge < -0.3 is 0 Å². The van der Waals surface area contributed by atoms with E-state index >= 15 is 0 Å².